The van der Waals surface area contributed by atoms with Crippen LogP contribution in [0.2, 0.25) is 0 Å². The molecule has 0 aromatic carbocycles. The molecule has 7 heteroatoms. The first-order valence-corrected chi connectivity index (χ1v) is 2.57. The van der Waals surface area contributed by atoms with Gasteiger partial charge in [-0.15, -0.1) is 5.16 Å². The van der Waals surface area contributed by atoms with Gasteiger partial charge in [0.1, 0.15) is 0 Å². The third-order valence-corrected chi connectivity index (χ3v) is 0.918. The smallest absolute Gasteiger partial charge is 0.0872 e. The van der Waals surface area contributed by atoms with E-state index in [4.69, 9.17) is 10.9 Å². The molecular weight excluding hydrogens is 353 g/mol. The molecule has 0 fully saturated rings. The van der Waals surface area contributed by atoms with Crippen molar-refractivity contribution in [3.8, 4) is 0 Å². The van der Waals surface area contributed by atoms with Gasteiger partial charge in [0.05, 0.1) is 11.9 Å². The SMILES string of the molecule is [Dy].[NH-]/C(=N\[OH2+])c1cnccn1.[Ni]. The van der Waals surface area contributed by atoms with Gasteiger partial charge in [-0.3, -0.25) is 9.97 Å². The summed E-state index contributed by atoms with van der Waals surface area (Å²) in [7, 11) is 0. The molecule has 0 saturated heterocycles. The number of nitrogens with zero attached hydrogens (tertiary/aromatic N) is 3. The van der Waals surface area contributed by atoms with Gasteiger partial charge in [-0.05, 0) is 0 Å². The quantitative estimate of drug-likeness (QED) is 0.231. The zero-order valence-electron chi connectivity index (χ0n) is 5.71. The van der Waals surface area contributed by atoms with Crippen LogP contribution in [0.3, 0.4) is 0 Å². The molecule has 0 unspecified atom stereocenters. The van der Waals surface area contributed by atoms with Crippen LogP contribution in [0.1, 0.15) is 5.69 Å². The van der Waals surface area contributed by atoms with Crippen LogP contribution < -0.4 is 0 Å². The summed E-state index contributed by atoms with van der Waals surface area (Å²) in [6, 6.07) is 0. The Morgan fingerprint density at radius 3 is 2.58 bits per heavy atom. The van der Waals surface area contributed by atoms with E-state index in [1.807, 2.05) is 0 Å². The Hall–Kier alpha value is 0.116. The normalized spacial score (nSPS) is 9.50. The summed E-state index contributed by atoms with van der Waals surface area (Å²) >= 11 is 0. The first kappa shape index (κ1) is 14.6. The summed E-state index contributed by atoms with van der Waals surface area (Å²) in [6.45, 7) is 0. The maximum absolute atomic E-state index is 7.02. The predicted molar refractivity (Wildman–Crippen MR) is 36.5 cm³/mol. The molecule has 0 atom stereocenters. The predicted octanol–water partition coefficient (Wildman–Crippen LogP) is -0.0875. The van der Waals surface area contributed by atoms with Crippen LogP contribution >= 0.6 is 0 Å². The molecule has 1 heterocycles. The van der Waals surface area contributed by atoms with Gasteiger partial charge in [0.25, 0.3) is 0 Å². The molecular formula is C5H6DyN4NiO. The van der Waals surface area contributed by atoms with Crippen LogP contribution in [0, 0.1) is 38.2 Å². The molecule has 0 bridgehead atoms. The van der Waals surface area contributed by atoms with Gasteiger partial charge in [-0.25, -0.2) is 0 Å². The Morgan fingerprint density at radius 1 is 1.50 bits per heavy atom. The van der Waals surface area contributed by atoms with Crippen LogP contribution in [0.4, 0.5) is 0 Å². The average Bonchev–Trinajstić information content (AvgIpc) is 2.05. The van der Waals surface area contributed by atoms with Gasteiger partial charge >= 0.3 is 0 Å². The molecule has 72 valence electrons. The first-order chi connectivity index (χ1) is 4.84. The third-order valence-electron chi connectivity index (χ3n) is 0.918. The number of amidine groups is 1. The summed E-state index contributed by atoms with van der Waals surface area (Å²) in [6.07, 6.45) is 4.34. The maximum atomic E-state index is 7.02. The molecule has 1 aromatic rings. The van der Waals surface area contributed by atoms with E-state index in [0.717, 1.165) is 0 Å². The standard InChI is InChI=1S/C5H5N4O.Dy.Ni/c6-5(9-10)4-3-7-1-2-8-4;;/h1-3H,(H2-,6,9,10);;/q-1;;/p+1. The molecule has 5 nitrogen and oxygen atoms in total. The van der Waals surface area contributed by atoms with E-state index in [1.54, 1.807) is 0 Å². The minimum Gasteiger partial charge on any atom is -0.557 e. The summed E-state index contributed by atoms with van der Waals surface area (Å²) in [5.41, 5.74) is 7.34. The fourth-order valence-electron chi connectivity index (χ4n) is 0.479. The fourth-order valence-corrected chi connectivity index (χ4v) is 0.479. The van der Waals surface area contributed by atoms with Crippen molar-refractivity contribution in [3.05, 3.63) is 30.0 Å². The van der Waals surface area contributed by atoms with Crippen LogP contribution in [-0.2, 0) is 16.5 Å². The molecule has 0 radical (unpaired) electrons. The van der Waals surface area contributed by atoms with Crippen LogP contribution in [0.25, 0.3) is 5.73 Å². The molecule has 0 saturated carbocycles. The molecule has 0 aliphatic rings. The minimum atomic E-state index is -0.173. The Morgan fingerprint density at radius 2 is 2.17 bits per heavy atom. The Balaban J connectivity index is 0. The van der Waals surface area contributed by atoms with Gasteiger partial charge in [0.15, 0.2) is 0 Å². The topological polar surface area (TPSA) is 84.8 Å². The van der Waals surface area contributed by atoms with Gasteiger partial charge in [0.2, 0.25) is 0 Å². The largest absolute Gasteiger partial charge is 0.557 e. The molecule has 0 aliphatic carbocycles. The van der Waals surface area contributed by atoms with Crippen molar-refractivity contribution in [1.82, 2.24) is 9.97 Å². The third kappa shape index (κ3) is 4.22. The van der Waals surface area contributed by atoms with E-state index in [0.29, 0.717) is 5.69 Å². The summed E-state index contributed by atoms with van der Waals surface area (Å²) in [5.74, 6) is -0.173. The summed E-state index contributed by atoms with van der Waals surface area (Å²) in [5, 5.41) is 9.37. The zero-order valence-corrected chi connectivity index (χ0v) is 8.72. The molecule has 1 rings (SSSR count). The number of hydrogen-bond donors (Lipinski definition) is 0. The van der Waals surface area contributed by atoms with Crippen LogP contribution in [0.5, 0.6) is 0 Å². The summed E-state index contributed by atoms with van der Waals surface area (Å²) < 4.78 is 0. The van der Waals surface area contributed by atoms with Gasteiger partial charge in [0, 0.05) is 72.9 Å². The van der Waals surface area contributed by atoms with E-state index in [1.165, 1.54) is 18.6 Å². The van der Waals surface area contributed by atoms with Crippen molar-refractivity contribution < 1.29 is 59.9 Å². The number of nitrogens with one attached hydrogen (secondary N) is 1. The molecule has 0 aliphatic heterocycles. The zero-order chi connectivity index (χ0) is 7.40. The van der Waals surface area contributed by atoms with Crippen LogP contribution in [0.15, 0.2) is 23.7 Å². The van der Waals surface area contributed by atoms with Crippen molar-refractivity contribution in [2.24, 2.45) is 5.16 Å². The van der Waals surface area contributed by atoms with Crippen molar-refractivity contribution in [2.45, 2.75) is 0 Å². The second-order valence-corrected chi connectivity index (χ2v) is 1.55. The van der Waals surface area contributed by atoms with Crippen molar-refractivity contribution in [1.29, 1.82) is 0 Å². The van der Waals surface area contributed by atoms with Gasteiger partial charge in [-0.1, -0.05) is 0 Å². The van der Waals surface area contributed by atoms with E-state index < -0.39 is 0 Å². The fraction of sp³-hybridized carbons (Fsp3) is 0. The molecule has 12 heavy (non-hydrogen) atoms. The minimum absolute atomic E-state index is 0. The number of hydrogen-bond acceptors (Lipinski definition) is 3. The van der Waals surface area contributed by atoms with E-state index in [-0.39, 0.29) is 60.5 Å². The van der Waals surface area contributed by atoms with E-state index in [9.17, 15) is 0 Å². The number of rotatable bonds is 1. The van der Waals surface area contributed by atoms with E-state index in [2.05, 4.69) is 15.1 Å². The summed E-state index contributed by atoms with van der Waals surface area (Å²) in [4.78, 5) is 7.46. The maximum Gasteiger partial charge on any atom is 0.0872 e. The Labute approximate surface area is 110 Å². The Kier molecular flexibility index (Phi) is 9.45. The molecule has 0 spiro atoms. The number of aromatic nitrogens is 2. The first-order valence-electron chi connectivity index (χ1n) is 2.57. The molecule has 1 aromatic heterocycles. The molecule has 0 amide bonds. The van der Waals surface area contributed by atoms with Gasteiger partial charge < -0.3 is 10.9 Å². The van der Waals surface area contributed by atoms with Crippen LogP contribution in [-0.4, -0.2) is 21.0 Å². The second kappa shape index (κ2) is 7.75. The van der Waals surface area contributed by atoms with Crippen molar-refractivity contribution >= 4 is 5.84 Å². The molecule has 3 N–H and O–H groups in total. The van der Waals surface area contributed by atoms with Crippen molar-refractivity contribution in [2.75, 3.05) is 0 Å². The van der Waals surface area contributed by atoms with Crippen molar-refractivity contribution in [3.63, 3.8) is 0 Å². The van der Waals surface area contributed by atoms with E-state index >= 15 is 0 Å². The average molecular weight is 359 g/mol. The monoisotopic (exact) mass is 360 g/mol. The Bertz CT molecular complexity index is 242. The van der Waals surface area contributed by atoms with Gasteiger partial charge in [-0.2, -0.15) is 0 Å². The second-order valence-electron chi connectivity index (χ2n) is 1.55.